The highest BCUT2D eigenvalue weighted by atomic mass is 16.5. The van der Waals surface area contributed by atoms with Crippen molar-refractivity contribution in [3.63, 3.8) is 0 Å². The molecule has 1 atom stereocenters. The van der Waals surface area contributed by atoms with E-state index in [-0.39, 0.29) is 11.5 Å². The van der Waals surface area contributed by atoms with Crippen LogP contribution in [0.4, 0.5) is 0 Å². The fraction of sp³-hybridized carbons (Fsp3) is 0.333. The molecule has 1 fully saturated rings. The number of methoxy groups -OCH3 is 1. The molecule has 2 heteroatoms. The first kappa shape index (κ1) is 13.2. The molecule has 0 spiro atoms. The van der Waals surface area contributed by atoms with E-state index in [2.05, 4.69) is 42.5 Å². The lowest BCUT2D eigenvalue weighted by Gasteiger charge is -2.24. The zero-order valence-electron chi connectivity index (χ0n) is 11.9. The Morgan fingerprint density at radius 3 is 2.25 bits per heavy atom. The predicted octanol–water partition coefficient (Wildman–Crippen LogP) is 3.30. The molecular formula is C18H21NO. The fourth-order valence-corrected chi connectivity index (χ4v) is 2.99. The maximum absolute atomic E-state index is 6.52. The summed E-state index contributed by atoms with van der Waals surface area (Å²) in [5, 5.41) is 0. The van der Waals surface area contributed by atoms with Crippen LogP contribution in [0.15, 0.2) is 54.6 Å². The van der Waals surface area contributed by atoms with Gasteiger partial charge in [0.2, 0.25) is 0 Å². The smallest absolute Gasteiger partial charge is 0.118 e. The van der Waals surface area contributed by atoms with Gasteiger partial charge in [0.1, 0.15) is 5.75 Å². The van der Waals surface area contributed by atoms with E-state index in [0.29, 0.717) is 0 Å². The summed E-state index contributed by atoms with van der Waals surface area (Å²) in [6.45, 7) is 0. The molecule has 1 aliphatic rings. The molecule has 20 heavy (non-hydrogen) atoms. The van der Waals surface area contributed by atoms with Gasteiger partial charge in [-0.15, -0.1) is 0 Å². The van der Waals surface area contributed by atoms with Gasteiger partial charge in [0, 0.05) is 11.5 Å². The lowest BCUT2D eigenvalue weighted by molar-refractivity contribution is 0.414. The highest BCUT2D eigenvalue weighted by Gasteiger charge is 2.48. The summed E-state index contributed by atoms with van der Waals surface area (Å²) in [7, 11) is 1.69. The summed E-state index contributed by atoms with van der Waals surface area (Å²) in [5.74, 6) is 0.895. The third-order valence-electron chi connectivity index (χ3n) is 4.46. The van der Waals surface area contributed by atoms with E-state index >= 15 is 0 Å². The van der Waals surface area contributed by atoms with E-state index in [1.54, 1.807) is 7.11 Å². The van der Waals surface area contributed by atoms with Crippen molar-refractivity contribution >= 4 is 0 Å². The maximum Gasteiger partial charge on any atom is 0.118 e. The van der Waals surface area contributed by atoms with Crippen LogP contribution in [0.1, 0.15) is 24.0 Å². The van der Waals surface area contributed by atoms with Crippen LogP contribution in [-0.2, 0) is 11.8 Å². The topological polar surface area (TPSA) is 35.2 Å². The highest BCUT2D eigenvalue weighted by Crippen LogP contribution is 2.50. The van der Waals surface area contributed by atoms with Gasteiger partial charge in [-0.1, -0.05) is 42.5 Å². The van der Waals surface area contributed by atoms with Crippen LogP contribution < -0.4 is 10.5 Å². The molecule has 0 aliphatic heterocycles. The van der Waals surface area contributed by atoms with Gasteiger partial charge in [0.25, 0.3) is 0 Å². The number of rotatable bonds is 5. The molecule has 104 valence electrons. The first-order valence-corrected chi connectivity index (χ1v) is 7.19. The van der Waals surface area contributed by atoms with E-state index in [9.17, 15) is 0 Å². The Morgan fingerprint density at radius 1 is 1.05 bits per heavy atom. The van der Waals surface area contributed by atoms with Crippen LogP contribution in [0, 0.1) is 0 Å². The summed E-state index contributed by atoms with van der Waals surface area (Å²) in [5.41, 5.74) is 9.38. The van der Waals surface area contributed by atoms with Gasteiger partial charge in [-0.05, 0) is 42.5 Å². The molecule has 2 aromatic rings. The largest absolute Gasteiger partial charge is 0.497 e. The molecule has 1 aliphatic carbocycles. The molecular weight excluding hydrogens is 246 g/mol. The summed E-state index contributed by atoms with van der Waals surface area (Å²) in [6, 6.07) is 19.1. The zero-order valence-corrected chi connectivity index (χ0v) is 11.9. The SMILES string of the molecule is COc1ccc(CC(N)C2(c3ccccc3)CC2)cc1. The quantitative estimate of drug-likeness (QED) is 0.902. The monoisotopic (exact) mass is 267 g/mol. The normalized spacial score (nSPS) is 17.5. The first-order valence-electron chi connectivity index (χ1n) is 7.19. The molecule has 0 radical (unpaired) electrons. The second kappa shape index (κ2) is 5.29. The van der Waals surface area contributed by atoms with Crippen LogP contribution in [-0.4, -0.2) is 13.2 Å². The first-order chi connectivity index (χ1) is 9.74. The van der Waals surface area contributed by atoms with Gasteiger partial charge in [-0.25, -0.2) is 0 Å². The second-order valence-corrected chi connectivity index (χ2v) is 5.68. The number of benzene rings is 2. The van der Waals surface area contributed by atoms with Crippen LogP contribution in [0.3, 0.4) is 0 Å². The van der Waals surface area contributed by atoms with Gasteiger partial charge in [0.15, 0.2) is 0 Å². The Hall–Kier alpha value is -1.80. The number of nitrogens with two attached hydrogens (primary N) is 1. The highest BCUT2D eigenvalue weighted by molar-refractivity contribution is 5.35. The second-order valence-electron chi connectivity index (χ2n) is 5.68. The summed E-state index contributed by atoms with van der Waals surface area (Å²) in [4.78, 5) is 0. The van der Waals surface area contributed by atoms with Gasteiger partial charge in [0.05, 0.1) is 7.11 Å². The number of hydrogen-bond donors (Lipinski definition) is 1. The molecule has 2 N–H and O–H groups in total. The zero-order chi connectivity index (χ0) is 14.0. The molecule has 1 unspecified atom stereocenters. The molecule has 3 rings (SSSR count). The van der Waals surface area contributed by atoms with Crippen LogP contribution >= 0.6 is 0 Å². The maximum atomic E-state index is 6.52. The Labute approximate surface area is 120 Å². The van der Waals surface area contributed by atoms with E-state index in [0.717, 1.165) is 12.2 Å². The van der Waals surface area contributed by atoms with E-state index in [1.807, 2.05) is 12.1 Å². The molecule has 0 aromatic heterocycles. The van der Waals surface area contributed by atoms with Crippen molar-refractivity contribution in [2.45, 2.75) is 30.7 Å². The molecule has 0 amide bonds. The van der Waals surface area contributed by atoms with Crippen LogP contribution in [0.2, 0.25) is 0 Å². The summed E-state index contributed by atoms with van der Waals surface area (Å²) < 4.78 is 5.19. The van der Waals surface area contributed by atoms with Gasteiger partial charge < -0.3 is 10.5 Å². The minimum Gasteiger partial charge on any atom is -0.497 e. The summed E-state index contributed by atoms with van der Waals surface area (Å²) >= 11 is 0. The molecule has 1 saturated carbocycles. The minimum atomic E-state index is 0.179. The van der Waals surface area contributed by atoms with Crippen molar-refractivity contribution in [2.75, 3.05) is 7.11 Å². The average molecular weight is 267 g/mol. The Bertz CT molecular complexity index is 558. The fourth-order valence-electron chi connectivity index (χ4n) is 2.99. The van der Waals surface area contributed by atoms with Gasteiger partial charge in [-0.2, -0.15) is 0 Å². The third-order valence-corrected chi connectivity index (χ3v) is 4.46. The summed E-state index contributed by atoms with van der Waals surface area (Å²) in [6.07, 6.45) is 3.32. The Morgan fingerprint density at radius 2 is 1.70 bits per heavy atom. The number of hydrogen-bond acceptors (Lipinski definition) is 2. The minimum absolute atomic E-state index is 0.179. The van der Waals surface area contributed by atoms with E-state index < -0.39 is 0 Å². The van der Waals surface area contributed by atoms with Crippen molar-refractivity contribution in [2.24, 2.45) is 5.73 Å². The third kappa shape index (κ3) is 2.44. The van der Waals surface area contributed by atoms with Crippen molar-refractivity contribution in [1.29, 1.82) is 0 Å². The van der Waals surface area contributed by atoms with Gasteiger partial charge in [-0.3, -0.25) is 0 Å². The molecule has 0 bridgehead atoms. The average Bonchev–Trinajstić information content (AvgIpc) is 3.31. The lowest BCUT2D eigenvalue weighted by atomic mass is 9.85. The number of ether oxygens (including phenoxy) is 1. The van der Waals surface area contributed by atoms with Crippen LogP contribution in [0.5, 0.6) is 5.75 Å². The Balaban J connectivity index is 1.74. The Kier molecular flexibility index (Phi) is 3.49. The predicted molar refractivity (Wildman–Crippen MR) is 82.0 cm³/mol. The van der Waals surface area contributed by atoms with Crippen molar-refractivity contribution in [3.8, 4) is 5.75 Å². The standard InChI is InChI=1S/C18H21NO/c1-20-16-9-7-14(8-10-16)13-17(19)18(11-12-18)15-5-3-2-4-6-15/h2-10,17H,11-13,19H2,1H3. The molecule has 0 saturated heterocycles. The van der Waals surface area contributed by atoms with Crippen molar-refractivity contribution < 1.29 is 4.74 Å². The lowest BCUT2D eigenvalue weighted by Crippen LogP contribution is -2.36. The molecule has 0 heterocycles. The van der Waals surface area contributed by atoms with Gasteiger partial charge >= 0.3 is 0 Å². The van der Waals surface area contributed by atoms with E-state index in [1.165, 1.54) is 24.0 Å². The molecule has 2 nitrogen and oxygen atoms in total. The van der Waals surface area contributed by atoms with Crippen molar-refractivity contribution in [3.05, 3.63) is 65.7 Å². The van der Waals surface area contributed by atoms with Crippen molar-refractivity contribution in [1.82, 2.24) is 0 Å². The molecule has 2 aromatic carbocycles. The van der Waals surface area contributed by atoms with Crippen LogP contribution in [0.25, 0.3) is 0 Å². The van der Waals surface area contributed by atoms with E-state index in [4.69, 9.17) is 10.5 Å².